The highest BCUT2D eigenvalue weighted by Crippen LogP contribution is 2.23. The van der Waals surface area contributed by atoms with E-state index < -0.39 is 0 Å². The SMILES string of the molecule is Cc1ccc(Cl)cc1Nc1cc(NCCC(C)C)ncn1. The number of hydrogen-bond acceptors (Lipinski definition) is 4. The van der Waals surface area contributed by atoms with Gasteiger partial charge in [-0.05, 0) is 37.0 Å². The minimum absolute atomic E-state index is 0.672. The molecule has 0 atom stereocenters. The lowest BCUT2D eigenvalue weighted by Gasteiger charge is -2.11. The molecule has 5 heteroatoms. The van der Waals surface area contributed by atoms with Crippen molar-refractivity contribution in [1.29, 1.82) is 0 Å². The van der Waals surface area contributed by atoms with E-state index in [0.29, 0.717) is 10.9 Å². The van der Waals surface area contributed by atoms with Crippen LogP contribution in [0.1, 0.15) is 25.8 Å². The van der Waals surface area contributed by atoms with E-state index in [-0.39, 0.29) is 0 Å². The fraction of sp³-hybridized carbons (Fsp3) is 0.375. The molecule has 0 bridgehead atoms. The molecule has 112 valence electrons. The largest absolute Gasteiger partial charge is 0.370 e. The fourth-order valence-electron chi connectivity index (χ4n) is 1.88. The maximum absolute atomic E-state index is 6.03. The van der Waals surface area contributed by atoms with Gasteiger partial charge in [-0.3, -0.25) is 0 Å². The highest BCUT2D eigenvalue weighted by Gasteiger charge is 2.03. The van der Waals surface area contributed by atoms with Crippen molar-refractivity contribution in [3.05, 3.63) is 41.2 Å². The molecule has 2 rings (SSSR count). The van der Waals surface area contributed by atoms with Gasteiger partial charge in [0.05, 0.1) is 0 Å². The third kappa shape index (κ3) is 4.90. The van der Waals surface area contributed by atoms with Crippen LogP contribution in [0.15, 0.2) is 30.6 Å². The quantitative estimate of drug-likeness (QED) is 0.816. The first-order valence-corrected chi connectivity index (χ1v) is 7.51. The Bertz CT molecular complexity index is 599. The second kappa shape index (κ2) is 7.27. The molecule has 2 N–H and O–H groups in total. The van der Waals surface area contributed by atoms with Crippen LogP contribution in [-0.4, -0.2) is 16.5 Å². The zero-order valence-corrected chi connectivity index (χ0v) is 13.4. The lowest BCUT2D eigenvalue weighted by molar-refractivity contribution is 0.606. The molecule has 2 aromatic rings. The molecule has 0 saturated heterocycles. The first kappa shape index (κ1) is 15.6. The van der Waals surface area contributed by atoms with Crippen molar-refractivity contribution >= 4 is 28.9 Å². The number of halogens is 1. The van der Waals surface area contributed by atoms with E-state index in [1.807, 2.05) is 31.2 Å². The standard InChI is InChI=1S/C16H21ClN4/c1-11(2)6-7-18-15-9-16(20-10-19-15)21-14-8-13(17)5-4-12(14)3/h4-5,8-11H,6-7H2,1-3H3,(H2,18,19,20,21). The summed E-state index contributed by atoms with van der Waals surface area (Å²) in [6.45, 7) is 7.35. The van der Waals surface area contributed by atoms with Gasteiger partial charge in [-0.2, -0.15) is 0 Å². The van der Waals surface area contributed by atoms with Crippen molar-refractivity contribution in [1.82, 2.24) is 9.97 Å². The van der Waals surface area contributed by atoms with Gasteiger partial charge in [0, 0.05) is 23.3 Å². The molecule has 0 saturated carbocycles. The van der Waals surface area contributed by atoms with Crippen LogP contribution in [-0.2, 0) is 0 Å². The molecule has 0 aliphatic rings. The van der Waals surface area contributed by atoms with Crippen molar-refractivity contribution in [3.8, 4) is 0 Å². The van der Waals surface area contributed by atoms with E-state index in [4.69, 9.17) is 11.6 Å². The summed E-state index contributed by atoms with van der Waals surface area (Å²) in [5, 5.41) is 7.29. The molecule has 0 spiro atoms. The second-order valence-electron chi connectivity index (χ2n) is 5.48. The van der Waals surface area contributed by atoms with Gasteiger partial charge in [0.1, 0.15) is 18.0 Å². The summed E-state index contributed by atoms with van der Waals surface area (Å²) in [5.41, 5.74) is 2.07. The van der Waals surface area contributed by atoms with E-state index in [9.17, 15) is 0 Å². The number of rotatable bonds is 6. The lowest BCUT2D eigenvalue weighted by Crippen LogP contribution is -2.07. The Labute approximate surface area is 131 Å². The maximum Gasteiger partial charge on any atom is 0.135 e. The minimum atomic E-state index is 0.672. The zero-order chi connectivity index (χ0) is 15.2. The van der Waals surface area contributed by atoms with Crippen LogP contribution >= 0.6 is 11.6 Å². The lowest BCUT2D eigenvalue weighted by atomic mass is 10.1. The molecular formula is C16H21ClN4. The first-order valence-electron chi connectivity index (χ1n) is 7.13. The van der Waals surface area contributed by atoms with Crippen LogP contribution in [0.5, 0.6) is 0 Å². The Hall–Kier alpha value is -1.81. The summed E-state index contributed by atoms with van der Waals surface area (Å²) in [6.07, 6.45) is 2.67. The molecule has 0 aliphatic heterocycles. The van der Waals surface area contributed by atoms with Gasteiger partial charge in [0.15, 0.2) is 0 Å². The average Bonchev–Trinajstić information content (AvgIpc) is 2.43. The van der Waals surface area contributed by atoms with Gasteiger partial charge in [0.25, 0.3) is 0 Å². The Kier molecular flexibility index (Phi) is 5.39. The summed E-state index contributed by atoms with van der Waals surface area (Å²) in [4.78, 5) is 8.47. The Balaban J connectivity index is 2.05. The Morgan fingerprint density at radius 1 is 1.14 bits per heavy atom. The van der Waals surface area contributed by atoms with Gasteiger partial charge in [-0.25, -0.2) is 9.97 Å². The van der Waals surface area contributed by atoms with E-state index in [1.54, 1.807) is 6.33 Å². The third-order valence-corrected chi connectivity index (χ3v) is 3.39. The Morgan fingerprint density at radius 2 is 1.90 bits per heavy atom. The maximum atomic E-state index is 6.03. The summed E-state index contributed by atoms with van der Waals surface area (Å²) < 4.78 is 0. The molecule has 4 nitrogen and oxygen atoms in total. The number of anilines is 3. The van der Waals surface area contributed by atoms with Crippen LogP contribution in [0, 0.1) is 12.8 Å². The normalized spacial score (nSPS) is 10.7. The van der Waals surface area contributed by atoms with E-state index in [1.165, 1.54) is 0 Å². The van der Waals surface area contributed by atoms with Gasteiger partial charge in [-0.15, -0.1) is 0 Å². The molecule has 1 heterocycles. The highest BCUT2D eigenvalue weighted by molar-refractivity contribution is 6.30. The van der Waals surface area contributed by atoms with E-state index in [2.05, 4.69) is 34.4 Å². The van der Waals surface area contributed by atoms with Crippen LogP contribution in [0.3, 0.4) is 0 Å². The molecule has 0 fully saturated rings. The number of aryl methyl sites for hydroxylation is 1. The van der Waals surface area contributed by atoms with Crippen LogP contribution < -0.4 is 10.6 Å². The summed E-state index contributed by atoms with van der Waals surface area (Å²) in [7, 11) is 0. The van der Waals surface area contributed by atoms with Crippen LogP contribution in [0.2, 0.25) is 5.02 Å². The molecule has 0 amide bonds. The predicted molar refractivity (Wildman–Crippen MR) is 89.4 cm³/mol. The van der Waals surface area contributed by atoms with Gasteiger partial charge in [0.2, 0.25) is 0 Å². The molecule has 21 heavy (non-hydrogen) atoms. The van der Waals surface area contributed by atoms with Crippen LogP contribution in [0.25, 0.3) is 0 Å². The molecule has 0 unspecified atom stereocenters. The summed E-state index contributed by atoms with van der Waals surface area (Å²) in [6, 6.07) is 7.65. The van der Waals surface area contributed by atoms with Crippen molar-refractivity contribution in [3.63, 3.8) is 0 Å². The molecule has 0 aliphatic carbocycles. The summed E-state index contributed by atoms with van der Waals surface area (Å²) >= 11 is 6.03. The molecule has 1 aromatic carbocycles. The van der Waals surface area contributed by atoms with Crippen molar-refractivity contribution in [2.75, 3.05) is 17.2 Å². The molecule has 1 aromatic heterocycles. The van der Waals surface area contributed by atoms with Crippen molar-refractivity contribution in [2.45, 2.75) is 27.2 Å². The van der Waals surface area contributed by atoms with Crippen LogP contribution in [0.4, 0.5) is 17.3 Å². The van der Waals surface area contributed by atoms with Crippen molar-refractivity contribution < 1.29 is 0 Å². The predicted octanol–water partition coefficient (Wildman–Crippen LogP) is 4.64. The van der Waals surface area contributed by atoms with Gasteiger partial charge >= 0.3 is 0 Å². The molecule has 0 radical (unpaired) electrons. The zero-order valence-electron chi connectivity index (χ0n) is 12.7. The number of nitrogens with one attached hydrogen (secondary N) is 2. The number of hydrogen-bond donors (Lipinski definition) is 2. The smallest absolute Gasteiger partial charge is 0.135 e. The monoisotopic (exact) mass is 304 g/mol. The van der Waals surface area contributed by atoms with E-state index in [0.717, 1.165) is 35.9 Å². The number of benzene rings is 1. The summed E-state index contributed by atoms with van der Waals surface area (Å²) in [5.74, 6) is 2.25. The minimum Gasteiger partial charge on any atom is -0.370 e. The average molecular weight is 305 g/mol. The fourth-order valence-corrected chi connectivity index (χ4v) is 2.05. The van der Waals surface area contributed by atoms with Gasteiger partial charge < -0.3 is 10.6 Å². The van der Waals surface area contributed by atoms with Gasteiger partial charge in [-0.1, -0.05) is 31.5 Å². The van der Waals surface area contributed by atoms with E-state index >= 15 is 0 Å². The first-order chi connectivity index (χ1) is 10.0. The topological polar surface area (TPSA) is 49.8 Å². The number of nitrogens with zero attached hydrogens (tertiary/aromatic N) is 2. The highest BCUT2D eigenvalue weighted by atomic mass is 35.5. The molecular weight excluding hydrogens is 284 g/mol. The third-order valence-electron chi connectivity index (χ3n) is 3.16. The second-order valence-corrected chi connectivity index (χ2v) is 5.92. The Morgan fingerprint density at radius 3 is 2.67 bits per heavy atom. The van der Waals surface area contributed by atoms with Crippen molar-refractivity contribution in [2.24, 2.45) is 5.92 Å². The number of aromatic nitrogens is 2.